The fourth-order valence-electron chi connectivity index (χ4n) is 7.39. The molecule has 4 atom stereocenters. The Balaban J connectivity index is 1.61. The molecule has 5 aliphatic rings. The molecule has 7 rings (SSSR count). The summed E-state index contributed by atoms with van der Waals surface area (Å²) in [7, 11) is 0. The largest absolute Gasteiger partial charge is 0.463 e. The van der Waals surface area contributed by atoms with Crippen LogP contribution in [0.1, 0.15) is 20.8 Å². The first-order valence-electron chi connectivity index (χ1n) is 12.5. The number of alkyl halides is 1. The number of benzene rings is 2. The molecule has 4 amide bonds. The Morgan fingerprint density at radius 1 is 0.789 bits per heavy atom. The molecule has 2 aromatic carbocycles. The summed E-state index contributed by atoms with van der Waals surface area (Å²) in [5.41, 5.74) is -0.00710. The van der Waals surface area contributed by atoms with Gasteiger partial charge in [-0.1, -0.05) is 59.3 Å². The molecule has 2 heterocycles. The van der Waals surface area contributed by atoms with E-state index in [2.05, 4.69) is 15.9 Å². The summed E-state index contributed by atoms with van der Waals surface area (Å²) in [6, 6.07) is 17.1. The van der Waals surface area contributed by atoms with Gasteiger partial charge in [0.05, 0.1) is 46.0 Å². The third-order valence-corrected chi connectivity index (χ3v) is 10.4. The molecule has 2 aromatic rings. The Bertz CT molecular complexity index is 1370. The third-order valence-electron chi connectivity index (χ3n) is 8.81. The van der Waals surface area contributed by atoms with Crippen molar-refractivity contribution in [3.63, 3.8) is 0 Å². The molecular formula is C29H25BrN2O6. The minimum Gasteiger partial charge on any atom is -0.463 e. The van der Waals surface area contributed by atoms with Crippen molar-refractivity contribution in [2.45, 2.75) is 25.1 Å². The van der Waals surface area contributed by atoms with E-state index in [4.69, 9.17) is 4.74 Å². The molecule has 9 heteroatoms. The Morgan fingerprint density at radius 2 is 1.18 bits per heavy atom. The summed E-state index contributed by atoms with van der Waals surface area (Å²) in [4.78, 5) is 72.2. The lowest BCUT2D eigenvalue weighted by Crippen LogP contribution is -2.67. The number of hydrogen-bond donors (Lipinski definition) is 0. The van der Waals surface area contributed by atoms with Crippen LogP contribution in [0.3, 0.4) is 0 Å². The first kappa shape index (κ1) is 24.7. The quantitative estimate of drug-likeness (QED) is 0.313. The molecule has 8 nitrogen and oxygen atoms in total. The SMILES string of the molecule is CCOC(=O)C1=C(C)C2(Br)C3C(=O)N(c4ccccc4)C(=O)C3C1(C)C1C(=O)N(c3ccccc3)C(=O)C12. The van der Waals surface area contributed by atoms with Crippen molar-refractivity contribution in [3.05, 3.63) is 71.8 Å². The summed E-state index contributed by atoms with van der Waals surface area (Å²) in [6.45, 7) is 5.13. The zero-order chi connectivity index (χ0) is 27.1. The van der Waals surface area contributed by atoms with Gasteiger partial charge in [0.1, 0.15) is 0 Å². The number of hydrogen-bond acceptors (Lipinski definition) is 6. The Kier molecular flexibility index (Phi) is 5.34. The summed E-state index contributed by atoms with van der Waals surface area (Å²) in [5.74, 6) is -6.66. The zero-order valence-electron chi connectivity index (χ0n) is 21.0. The number of amides is 4. The molecule has 3 fully saturated rings. The van der Waals surface area contributed by atoms with Crippen LogP contribution in [0.2, 0.25) is 0 Å². The molecule has 0 aromatic heterocycles. The van der Waals surface area contributed by atoms with Crippen LogP contribution >= 0.6 is 15.9 Å². The lowest BCUT2D eigenvalue weighted by Gasteiger charge is -2.59. The number of halogens is 1. The average Bonchev–Trinajstić information content (AvgIpc) is 3.34. The van der Waals surface area contributed by atoms with Gasteiger partial charge in [0.2, 0.25) is 23.6 Å². The standard InChI is InChI=1S/C29H25BrN2O6/c1-4-38-27(37)18-15(2)29(30)21-19(23(33)31(25(21)35)16-11-7-5-8-12-16)28(18,3)20-22(29)26(36)32(24(20)34)17-13-9-6-10-14-17/h5-14,19-22H,4H2,1-3H3. The molecule has 2 aliphatic heterocycles. The highest BCUT2D eigenvalue weighted by Crippen LogP contribution is 2.72. The normalized spacial score (nSPS) is 33.7. The van der Waals surface area contributed by atoms with Gasteiger partial charge in [-0.15, -0.1) is 0 Å². The van der Waals surface area contributed by atoms with Crippen LogP contribution in [-0.4, -0.2) is 40.5 Å². The minimum atomic E-state index is -1.45. The van der Waals surface area contributed by atoms with Crippen LogP contribution < -0.4 is 9.80 Å². The van der Waals surface area contributed by atoms with Crippen LogP contribution in [0.4, 0.5) is 11.4 Å². The van der Waals surface area contributed by atoms with Crippen molar-refractivity contribution in [3.8, 4) is 0 Å². The van der Waals surface area contributed by atoms with E-state index in [1.54, 1.807) is 81.4 Å². The molecule has 3 aliphatic carbocycles. The maximum Gasteiger partial charge on any atom is 0.334 e. The van der Waals surface area contributed by atoms with Crippen molar-refractivity contribution >= 4 is 56.9 Å². The smallest absolute Gasteiger partial charge is 0.334 e. The van der Waals surface area contributed by atoms with Gasteiger partial charge in [-0.25, -0.2) is 14.6 Å². The average molecular weight is 577 g/mol. The van der Waals surface area contributed by atoms with Gasteiger partial charge < -0.3 is 4.74 Å². The topological polar surface area (TPSA) is 101 Å². The monoisotopic (exact) mass is 576 g/mol. The maximum absolute atomic E-state index is 14.1. The minimum absolute atomic E-state index is 0.0925. The van der Waals surface area contributed by atoms with Gasteiger partial charge in [0.15, 0.2) is 0 Å². The van der Waals surface area contributed by atoms with Crippen LogP contribution in [0.25, 0.3) is 0 Å². The van der Waals surface area contributed by atoms with Crippen LogP contribution in [0.15, 0.2) is 71.8 Å². The Morgan fingerprint density at radius 3 is 1.58 bits per heavy atom. The number of nitrogens with zero attached hydrogens (tertiary/aromatic N) is 2. The van der Waals surface area contributed by atoms with Crippen molar-refractivity contribution in [2.75, 3.05) is 16.4 Å². The number of esters is 1. The second-order valence-corrected chi connectivity index (χ2v) is 11.7. The highest BCUT2D eigenvalue weighted by molar-refractivity contribution is 9.10. The summed E-state index contributed by atoms with van der Waals surface area (Å²) >= 11 is 3.77. The first-order valence-corrected chi connectivity index (χ1v) is 13.3. The Hall–Kier alpha value is -3.59. The van der Waals surface area contributed by atoms with Gasteiger partial charge in [-0.05, 0) is 43.7 Å². The molecule has 4 unspecified atom stereocenters. The highest BCUT2D eigenvalue weighted by Gasteiger charge is 2.81. The number of rotatable bonds is 4. The van der Waals surface area contributed by atoms with Crippen molar-refractivity contribution in [1.29, 1.82) is 0 Å². The fraction of sp³-hybridized carbons (Fsp3) is 0.345. The zero-order valence-corrected chi connectivity index (χ0v) is 22.6. The maximum atomic E-state index is 14.1. The molecule has 0 radical (unpaired) electrons. The second-order valence-electron chi connectivity index (χ2n) is 10.4. The molecule has 0 spiro atoms. The van der Waals surface area contributed by atoms with Crippen LogP contribution in [-0.2, 0) is 28.7 Å². The number of para-hydroxylation sites is 2. The van der Waals surface area contributed by atoms with Gasteiger partial charge >= 0.3 is 5.97 Å². The number of carbonyl (C=O) groups excluding carboxylic acids is 5. The van der Waals surface area contributed by atoms with E-state index in [1.807, 2.05) is 0 Å². The van der Waals surface area contributed by atoms with E-state index in [0.29, 0.717) is 16.9 Å². The summed E-state index contributed by atoms with van der Waals surface area (Å²) in [5, 5.41) is 0. The van der Waals surface area contributed by atoms with Crippen molar-refractivity contribution < 1.29 is 28.7 Å². The Labute approximate surface area is 227 Å². The predicted octanol–water partition coefficient (Wildman–Crippen LogP) is 3.64. The summed E-state index contributed by atoms with van der Waals surface area (Å²) in [6.07, 6.45) is 0. The molecular weight excluding hydrogens is 552 g/mol. The second kappa shape index (κ2) is 8.20. The lowest BCUT2D eigenvalue weighted by atomic mass is 9.43. The van der Waals surface area contributed by atoms with Crippen LogP contribution in [0, 0.1) is 29.1 Å². The van der Waals surface area contributed by atoms with E-state index in [9.17, 15) is 24.0 Å². The molecule has 38 heavy (non-hydrogen) atoms. The van der Waals surface area contributed by atoms with Gasteiger partial charge in [0, 0.05) is 11.0 Å². The van der Waals surface area contributed by atoms with Gasteiger partial charge in [-0.2, -0.15) is 0 Å². The molecule has 0 N–H and O–H groups in total. The number of carbonyl (C=O) groups is 5. The predicted molar refractivity (Wildman–Crippen MR) is 141 cm³/mol. The number of ether oxygens (including phenoxy) is 1. The van der Waals surface area contributed by atoms with Gasteiger partial charge in [-0.3, -0.25) is 19.2 Å². The molecule has 2 bridgehead atoms. The molecule has 194 valence electrons. The van der Waals surface area contributed by atoms with E-state index in [-0.39, 0.29) is 12.2 Å². The molecule has 2 saturated heterocycles. The first-order chi connectivity index (χ1) is 18.1. The van der Waals surface area contributed by atoms with E-state index < -0.39 is 63.0 Å². The van der Waals surface area contributed by atoms with E-state index in [0.717, 1.165) is 9.80 Å². The van der Waals surface area contributed by atoms with Crippen LogP contribution in [0.5, 0.6) is 0 Å². The summed E-state index contributed by atoms with van der Waals surface area (Å²) < 4.78 is 3.99. The fourth-order valence-corrected chi connectivity index (χ4v) is 8.51. The van der Waals surface area contributed by atoms with Crippen molar-refractivity contribution in [1.82, 2.24) is 0 Å². The third kappa shape index (κ3) is 2.77. The van der Waals surface area contributed by atoms with Gasteiger partial charge in [0.25, 0.3) is 0 Å². The number of anilines is 2. The number of allylic oxidation sites excluding steroid dienone is 1. The van der Waals surface area contributed by atoms with E-state index in [1.165, 1.54) is 0 Å². The van der Waals surface area contributed by atoms with E-state index >= 15 is 0 Å². The van der Waals surface area contributed by atoms with Crippen molar-refractivity contribution in [2.24, 2.45) is 29.1 Å². The lowest BCUT2D eigenvalue weighted by molar-refractivity contribution is -0.152. The molecule has 1 saturated carbocycles. The highest BCUT2D eigenvalue weighted by atomic mass is 79.9. The number of imide groups is 2.